The number of nitrogens with two attached hydrogens (primary N) is 1. The Labute approximate surface area is 174 Å². The number of hydrogen-bond acceptors (Lipinski definition) is 5. The number of carbonyl (C=O) groups excluding carboxylic acids is 1. The molecule has 4 rings (SSSR count). The van der Waals surface area contributed by atoms with Gasteiger partial charge in [0.1, 0.15) is 23.5 Å². The average molecular weight is 439 g/mol. The highest BCUT2D eigenvalue weighted by Crippen LogP contribution is 2.59. The van der Waals surface area contributed by atoms with Gasteiger partial charge in [-0.05, 0) is 31.0 Å². The molecule has 1 aliphatic carbocycles. The molecule has 1 spiro atoms. The largest absolute Gasteiger partial charge is 0.490 e. The van der Waals surface area contributed by atoms with Gasteiger partial charge in [-0.2, -0.15) is 13.2 Å². The summed E-state index contributed by atoms with van der Waals surface area (Å²) in [6, 6.07) is 5.98. The number of hydrogen-bond donors (Lipinski definition) is 2. The topological polar surface area (TPSA) is 119 Å². The summed E-state index contributed by atoms with van der Waals surface area (Å²) in [4.78, 5) is 25.1. The lowest BCUT2D eigenvalue weighted by atomic mass is 9.52. The highest BCUT2D eigenvalue weighted by Gasteiger charge is 2.63. The van der Waals surface area contributed by atoms with Crippen LogP contribution in [0.15, 0.2) is 41.1 Å². The van der Waals surface area contributed by atoms with E-state index in [-0.39, 0.29) is 24.6 Å². The number of nitrogens with zero attached hydrogens (tertiary/aromatic N) is 2. The van der Waals surface area contributed by atoms with Crippen LogP contribution in [-0.2, 0) is 11.0 Å². The Morgan fingerprint density at radius 2 is 2.13 bits per heavy atom. The summed E-state index contributed by atoms with van der Waals surface area (Å²) >= 11 is 0. The van der Waals surface area contributed by atoms with Crippen LogP contribution in [0.3, 0.4) is 0 Å². The molecule has 3 N–H and O–H groups in total. The number of halogens is 3. The van der Waals surface area contributed by atoms with Gasteiger partial charge >= 0.3 is 12.3 Å². The molecule has 166 valence electrons. The van der Waals surface area contributed by atoms with Crippen molar-refractivity contribution in [2.45, 2.75) is 31.0 Å². The number of likely N-dealkylation sites (tertiary alicyclic amines) is 1. The van der Waals surface area contributed by atoms with E-state index in [9.17, 15) is 27.9 Å². The third-order valence-corrected chi connectivity index (χ3v) is 6.25. The second-order valence-electron chi connectivity index (χ2n) is 8.02. The highest BCUT2D eigenvalue weighted by atomic mass is 19.4. The van der Waals surface area contributed by atoms with Gasteiger partial charge in [-0.1, -0.05) is 11.2 Å². The van der Waals surface area contributed by atoms with Crippen molar-refractivity contribution in [2.75, 3.05) is 13.1 Å². The minimum Gasteiger partial charge on any atom is -0.490 e. The molecule has 0 bridgehead atoms. The maximum absolute atomic E-state index is 13.1. The molecule has 31 heavy (non-hydrogen) atoms. The zero-order valence-electron chi connectivity index (χ0n) is 16.2. The first-order valence-corrected chi connectivity index (χ1v) is 9.62. The van der Waals surface area contributed by atoms with Crippen LogP contribution < -0.4 is 10.5 Å². The molecule has 2 heterocycles. The first-order valence-electron chi connectivity index (χ1n) is 9.62. The Morgan fingerprint density at radius 3 is 2.71 bits per heavy atom. The van der Waals surface area contributed by atoms with E-state index in [0.717, 1.165) is 12.1 Å². The molecule has 1 saturated carbocycles. The average Bonchev–Trinajstić information content (AvgIpc) is 3.36. The van der Waals surface area contributed by atoms with Gasteiger partial charge < -0.3 is 25.0 Å². The monoisotopic (exact) mass is 439 g/mol. The number of amides is 2. The maximum atomic E-state index is 13.1. The summed E-state index contributed by atoms with van der Waals surface area (Å²) in [7, 11) is 0. The number of primary amides is 1. The van der Waals surface area contributed by atoms with Crippen LogP contribution in [0.2, 0.25) is 0 Å². The molecule has 4 unspecified atom stereocenters. The first-order chi connectivity index (χ1) is 14.6. The summed E-state index contributed by atoms with van der Waals surface area (Å²) in [6.45, 7) is 0.456. The standard InChI is InChI=1S/C20H20F3N3O5/c21-20(22,23)11-2-1-3-12(8-11)30-14-9-19(5-7-26(10-19)18(28)29)16(14)15(17(24)27)13-4-6-25-31-13/h1-4,6,8,14-16H,5,7,9-10H2,(H2,24,27)(H,28,29). The molecule has 11 heteroatoms. The fraction of sp³-hybridized carbons (Fsp3) is 0.450. The van der Waals surface area contributed by atoms with Crippen LogP contribution in [0.5, 0.6) is 5.75 Å². The zero-order chi connectivity index (χ0) is 22.4. The number of rotatable bonds is 5. The van der Waals surface area contributed by atoms with Gasteiger partial charge in [-0.25, -0.2) is 4.79 Å². The summed E-state index contributed by atoms with van der Waals surface area (Å²) in [6.07, 6.45) is -4.05. The quantitative estimate of drug-likeness (QED) is 0.739. The van der Waals surface area contributed by atoms with E-state index in [4.69, 9.17) is 15.0 Å². The van der Waals surface area contributed by atoms with Gasteiger partial charge in [-0.3, -0.25) is 4.79 Å². The number of carbonyl (C=O) groups is 2. The SMILES string of the molecule is NC(=O)C(c1ccno1)C1C(Oc2cccc(C(F)(F)F)c2)CC12CCN(C(=O)O)C2. The van der Waals surface area contributed by atoms with Crippen molar-refractivity contribution in [1.82, 2.24) is 10.1 Å². The smallest absolute Gasteiger partial charge is 0.416 e. The molecule has 1 saturated heterocycles. The van der Waals surface area contributed by atoms with Gasteiger partial charge in [0.2, 0.25) is 5.91 Å². The molecular formula is C20H20F3N3O5. The van der Waals surface area contributed by atoms with Crippen molar-refractivity contribution in [3.05, 3.63) is 47.9 Å². The van der Waals surface area contributed by atoms with Gasteiger partial charge in [-0.15, -0.1) is 0 Å². The van der Waals surface area contributed by atoms with E-state index in [1.807, 2.05) is 0 Å². The van der Waals surface area contributed by atoms with E-state index < -0.39 is 47.1 Å². The van der Waals surface area contributed by atoms with Gasteiger partial charge in [0.15, 0.2) is 0 Å². The molecule has 2 amide bonds. The second-order valence-corrected chi connectivity index (χ2v) is 8.02. The molecular weight excluding hydrogens is 419 g/mol. The Kier molecular flexibility index (Phi) is 5.06. The Bertz CT molecular complexity index is 981. The van der Waals surface area contributed by atoms with E-state index in [1.54, 1.807) is 0 Å². The molecule has 0 radical (unpaired) electrons. The number of alkyl halides is 3. The predicted octanol–water partition coefficient (Wildman–Crippen LogP) is 3.10. The number of carboxylic acid groups (broad SMARTS) is 1. The molecule has 8 nitrogen and oxygen atoms in total. The van der Waals surface area contributed by atoms with Gasteiger partial charge in [0.05, 0.1) is 11.8 Å². The van der Waals surface area contributed by atoms with Gasteiger partial charge in [0, 0.05) is 30.5 Å². The third kappa shape index (κ3) is 3.79. The second kappa shape index (κ2) is 7.47. The van der Waals surface area contributed by atoms with Crippen molar-refractivity contribution < 1.29 is 37.1 Å². The Hall–Kier alpha value is -3.24. The normalized spacial score (nSPS) is 26.5. The molecule has 1 aliphatic heterocycles. The van der Waals surface area contributed by atoms with Crippen LogP contribution >= 0.6 is 0 Å². The fourth-order valence-corrected chi connectivity index (χ4v) is 4.88. The van der Waals surface area contributed by atoms with Crippen LogP contribution in [0.4, 0.5) is 18.0 Å². The lowest BCUT2D eigenvalue weighted by Gasteiger charge is -2.54. The first kappa shape index (κ1) is 21.0. The van der Waals surface area contributed by atoms with Crippen molar-refractivity contribution >= 4 is 12.0 Å². The highest BCUT2D eigenvalue weighted by molar-refractivity contribution is 5.82. The lowest BCUT2D eigenvalue weighted by molar-refractivity contribution is -0.139. The number of benzene rings is 1. The van der Waals surface area contributed by atoms with Crippen molar-refractivity contribution in [3.8, 4) is 5.75 Å². The van der Waals surface area contributed by atoms with Crippen LogP contribution in [0.1, 0.15) is 30.1 Å². The van der Waals surface area contributed by atoms with E-state index in [1.165, 1.54) is 29.3 Å². The van der Waals surface area contributed by atoms with Crippen molar-refractivity contribution in [1.29, 1.82) is 0 Å². The molecule has 2 aliphatic rings. The number of aromatic nitrogens is 1. The maximum Gasteiger partial charge on any atom is 0.416 e. The van der Waals surface area contributed by atoms with E-state index in [2.05, 4.69) is 5.16 Å². The van der Waals surface area contributed by atoms with Crippen molar-refractivity contribution in [2.24, 2.45) is 17.1 Å². The zero-order valence-corrected chi connectivity index (χ0v) is 16.2. The third-order valence-electron chi connectivity index (χ3n) is 6.25. The van der Waals surface area contributed by atoms with Crippen LogP contribution in [0, 0.1) is 11.3 Å². The summed E-state index contributed by atoms with van der Waals surface area (Å²) in [5.74, 6) is -2.03. The van der Waals surface area contributed by atoms with E-state index in [0.29, 0.717) is 12.8 Å². The molecule has 2 fully saturated rings. The number of ether oxygens (including phenoxy) is 1. The van der Waals surface area contributed by atoms with Crippen molar-refractivity contribution in [3.63, 3.8) is 0 Å². The predicted molar refractivity (Wildman–Crippen MR) is 99.1 cm³/mol. The Balaban J connectivity index is 1.65. The summed E-state index contributed by atoms with van der Waals surface area (Å²) < 4.78 is 50.2. The molecule has 2 aromatic rings. The van der Waals surface area contributed by atoms with Crippen LogP contribution in [-0.4, -0.2) is 46.4 Å². The minimum atomic E-state index is -4.53. The minimum absolute atomic E-state index is 0.00792. The molecule has 1 aromatic heterocycles. The fourth-order valence-electron chi connectivity index (χ4n) is 4.88. The molecule has 4 atom stereocenters. The lowest BCUT2D eigenvalue weighted by Crippen LogP contribution is -2.59. The van der Waals surface area contributed by atoms with E-state index >= 15 is 0 Å². The van der Waals surface area contributed by atoms with Crippen LogP contribution in [0.25, 0.3) is 0 Å². The summed E-state index contributed by atoms with van der Waals surface area (Å²) in [5.41, 5.74) is 4.21. The Morgan fingerprint density at radius 1 is 1.35 bits per heavy atom. The summed E-state index contributed by atoms with van der Waals surface area (Å²) in [5, 5.41) is 13.0. The van der Waals surface area contributed by atoms with Gasteiger partial charge in [0.25, 0.3) is 0 Å². The molecule has 1 aromatic carbocycles.